The highest BCUT2D eigenvalue weighted by Gasteiger charge is 2.01. The van der Waals surface area contributed by atoms with E-state index in [4.69, 9.17) is 9.84 Å². The van der Waals surface area contributed by atoms with Gasteiger partial charge in [0.15, 0.2) is 0 Å². The van der Waals surface area contributed by atoms with E-state index in [1.807, 2.05) is 24.3 Å². The lowest BCUT2D eigenvalue weighted by molar-refractivity contribution is 0.288. The summed E-state index contributed by atoms with van der Waals surface area (Å²) in [7, 11) is 1.69. The van der Waals surface area contributed by atoms with Crippen LogP contribution in [0.5, 0.6) is 5.75 Å². The molecule has 0 radical (unpaired) electrons. The van der Waals surface area contributed by atoms with Crippen molar-refractivity contribution in [1.29, 1.82) is 0 Å². The van der Waals surface area contributed by atoms with Crippen molar-refractivity contribution in [3.8, 4) is 5.75 Å². The van der Waals surface area contributed by atoms with Gasteiger partial charge in [-0.2, -0.15) is 0 Å². The van der Waals surface area contributed by atoms with Gasteiger partial charge in [-0.1, -0.05) is 30.3 Å². The fourth-order valence-electron chi connectivity index (χ4n) is 2.17. The average Bonchev–Trinajstić information content (AvgIpc) is 2.51. The maximum absolute atomic E-state index is 8.88. The molecule has 0 atom stereocenters. The van der Waals surface area contributed by atoms with Crippen LogP contribution in [0.15, 0.2) is 48.5 Å². The Morgan fingerprint density at radius 3 is 2.75 bits per heavy atom. The van der Waals surface area contributed by atoms with Crippen LogP contribution in [-0.4, -0.2) is 18.8 Å². The van der Waals surface area contributed by atoms with Crippen LogP contribution in [-0.2, 0) is 13.0 Å². The van der Waals surface area contributed by atoms with Crippen LogP contribution in [0.25, 0.3) is 0 Å². The van der Waals surface area contributed by atoms with Gasteiger partial charge in [0.2, 0.25) is 0 Å². The molecule has 2 aromatic rings. The molecule has 106 valence electrons. The molecule has 0 unspecified atom stereocenters. The molecule has 0 aromatic heterocycles. The van der Waals surface area contributed by atoms with Crippen LogP contribution in [0.1, 0.15) is 17.5 Å². The first-order valence-electron chi connectivity index (χ1n) is 6.89. The van der Waals surface area contributed by atoms with Crippen LogP contribution in [0.3, 0.4) is 0 Å². The number of hydrogen-bond donors (Lipinski definition) is 2. The van der Waals surface area contributed by atoms with E-state index >= 15 is 0 Å². The molecule has 0 fully saturated rings. The first-order valence-corrected chi connectivity index (χ1v) is 6.89. The quantitative estimate of drug-likeness (QED) is 0.812. The van der Waals surface area contributed by atoms with Crippen LogP contribution in [0.2, 0.25) is 0 Å². The van der Waals surface area contributed by atoms with Crippen LogP contribution < -0.4 is 10.1 Å². The maximum atomic E-state index is 8.88. The third-order valence-corrected chi connectivity index (χ3v) is 3.23. The molecule has 2 rings (SSSR count). The third kappa shape index (κ3) is 4.00. The van der Waals surface area contributed by atoms with Crippen molar-refractivity contribution in [2.24, 2.45) is 0 Å². The van der Waals surface area contributed by atoms with Crippen molar-refractivity contribution in [1.82, 2.24) is 0 Å². The predicted octanol–water partition coefficient (Wildman–Crippen LogP) is 3.23. The van der Waals surface area contributed by atoms with Crippen molar-refractivity contribution in [3.63, 3.8) is 0 Å². The second kappa shape index (κ2) is 7.56. The number of aliphatic hydroxyl groups is 1. The van der Waals surface area contributed by atoms with E-state index in [0.717, 1.165) is 36.4 Å². The fraction of sp³-hybridized carbons (Fsp3) is 0.294. The first-order chi connectivity index (χ1) is 9.83. The van der Waals surface area contributed by atoms with Gasteiger partial charge in [-0.05, 0) is 36.6 Å². The van der Waals surface area contributed by atoms with Crippen molar-refractivity contribution in [2.75, 3.05) is 19.0 Å². The van der Waals surface area contributed by atoms with Gasteiger partial charge in [0.1, 0.15) is 5.75 Å². The monoisotopic (exact) mass is 271 g/mol. The molecule has 3 heteroatoms. The molecule has 0 spiro atoms. The minimum atomic E-state index is 0.235. The Labute approximate surface area is 120 Å². The second-order valence-electron chi connectivity index (χ2n) is 4.69. The first kappa shape index (κ1) is 14.4. The zero-order valence-corrected chi connectivity index (χ0v) is 11.8. The average molecular weight is 271 g/mol. The molecule has 0 heterocycles. The van der Waals surface area contributed by atoms with Gasteiger partial charge in [0.25, 0.3) is 0 Å². The number of benzene rings is 2. The van der Waals surface area contributed by atoms with Crippen LogP contribution >= 0.6 is 0 Å². The lowest BCUT2D eigenvalue weighted by Gasteiger charge is -2.11. The number of hydrogen-bond acceptors (Lipinski definition) is 3. The summed E-state index contributed by atoms with van der Waals surface area (Å²) in [6.45, 7) is 0.965. The number of methoxy groups -OCH3 is 1. The largest absolute Gasteiger partial charge is 0.496 e. The van der Waals surface area contributed by atoms with Crippen LogP contribution in [0, 0.1) is 0 Å². The summed E-state index contributed by atoms with van der Waals surface area (Å²) in [5.41, 5.74) is 3.46. The van der Waals surface area contributed by atoms with Crippen LogP contribution in [0.4, 0.5) is 5.69 Å². The SMILES string of the molecule is COc1ccccc1CNc1cccc(CCCO)c1. The zero-order chi connectivity index (χ0) is 14.2. The molecule has 2 aromatic carbocycles. The number of nitrogens with one attached hydrogen (secondary N) is 1. The topological polar surface area (TPSA) is 41.5 Å². The van der Waals surface area contributed by atoms with Gasteiger partial charge in [-0.3, -0.25) is 0 Å². The maximum Gasteiger partial charge on any atom is 0.123 e. The molecule has 0 aliphatic carbocycles. The minimum absolute atomic E-state index is 0.235. The summed E-state index contributed by atoms with van der Waals surface area (Å²) in [4.78, 5) is 0. The zero-order valence-electron chi connectivity index (χ0n) is 11.8. The highest BCUT2D eigenvalue weighted by atomic mass is 16.5. The summed E-state index contributed by atoms with van der Waals surface area (Å²) in [6, 6.07) is 16.3. The number of anilines is 1. The van der Waals surface area contributed by atoms with E-state index < -0.39 is 0 Å². The molecule has 0 aliphatic rings. The number of para-hydroxylation sites is 1. The summed E-state index contributed by atoms with van der Waals surface area (Å²) in [6.07, 6.45) is 1.70. The summed E-state index contributed by atoms with van der Waals surface area (Å²) < 4.78 is 5.34. The molecule has 0 bridgehead atoms. The Balaban J connectivity index is 1.99. The summed E-state index contributed by atoms with van der Waals surface area (Å²) >= 11 is 0. The number of aliphatic hydroxyl groups excluding tert-OH is 1. The molecule has 0 saturated carbocycles. The standard InChI is InChI=1S/C17H21NO2/c1-20-17-10-3-2-8-15(17)13-18-16-9-4-6-14(12-16)7-5-11-19/h2-4,6,8-10,12,18-19H,5,7,11,13H2,1H3. The highest BCUT2D eigenvalue weighted by Crippen LogP contribution is 2.19. The Bertz CT molecular complexity index is 540. The number of ether oxygens (including phenoxy) is 1. The summed E-state index contributed by atoms with van der Waals surface area (Å²) in [5.74, 6) is 0.899. The lowest BCUT2D eigenvalue weighted by atomic mass is 10.1. The molecule has 2 N–H and O–H groups in total. The van der Waals surface area contributed by atoms with Gasteiger partial charge < -0.3 is 15.2 Å². The van der Waals surface area contributed by atoms with E-state index in [-0.39, 0.29) is 6.61 Å². The number of aryl methyl sites for hydroxylation is 1. The Hall–Kier alpha value is -2.00. The van der Waals surface area contributed by atoms with Crippen molar-refractivity contribution < 1.29 is 9.84 Å². The Morgan fingerprint density at radius 1 is 1.10 bits per heavy atom. The molecular formula is C17H21NO2. The van der Waals surface area contributed by atoms with Gasteiger partial charge in [-0.15, -0.1) is 0 Å². The van der Waals surface area contributed by atoms with E-state index in [1.165, 1.54) is 5.56 Å². The molecule has 20 heavy (non-hydrogen) atoms. The minimum Gasteiger partial charge on any atom is -0.496 e. The van der Waals surface area contributed by atoms with Crippen molar-refractivity contribution in [3.05, 3.63) is 59.7 Å². The molecule has 0 aliphatic heterocycles. The van der Waals surface area contributed by atoms with Gasteiger partial charge in [0.05, 0.1) is 7.11 Å². The second-order valence-corrected chi connectivity index (χ2v) is 4.69. The van der Waals surface area contributed by atoms with Gasteiger partial charge in [0, 0.05) is 24.4 Å². The molecule has 3 nitrogen and oxygen atoms in total. The fourth-order valence-corrected chi connectivity index (χ4v) is 2.17. The lowest BCUT2D eigenvalue weighted by Crippen LogP contribution is -2.02. The highest BCUT2D eigenvalue weighted by molar-refractivity contribution is 5.47. The third-order valence-electron chi connectivity index (χ3n) is 3.23. The van der Waals surface area contributed by atoms with Gasteiger partial charge in [-0.25, -0.2) is 0 Å². The van der Waals surface area contributed by atoms with E-state index in [9.17, 15) is 0 Å². The predicted molar refractivity (Wildman–Crippen MR) is 82.2 cm³/mol. The Kier molecular flexibility index (Phi) is 5.44. The van der Waals surface area contributed by atoms with E-state index in [0.29, 0.717) is 0 Å². The normalized spacial score (nSPS) is 10.3. The van der Waals surface area contributed by atoms with Crippen molar-refractivity contribution >= 4 is 5.69 Å². The van der Waals surface area contributed by atoms with Crippen molar-refractivity contribution in [2.45, 2.75) is 19.4 Å². The van der Waals surface area contributed by atoms with Gasteiger partial charge >= 0.3 is 0 Å². The number of rotatable bonds is 7. The van der Waals surface area contributed by atoms with E-state index in [2.05, 4.69) is 29.6 Å². The molecule has 0 saturated heterocycles. The molecule has 0 amide bonds. The van der Waals surface area contributed by atoms with E-state index in [1.54, 1.807) is 7.11 Å². The molecular weight excluding hydrogens is 250 g/mol. The summed E-state index contributed by atoms with van der Waals surface area (Å²) in [5, 5.41) is 12.3. The smallest absolute Gasteiger partial charge is 0.123 e. The Morgan fingerprint density at radius 2 is 1.95 bits per heavy atom.